The first-order chi connectivity index (χ1) is 7.31. The van der Waals surface area contributed by atoms with Crippen LogP contribution in [-0.2, 0) is 13.1 Å². The second-order valence-electron chi connectivity index (χ2n) is 3.65. The summed E-state index contributed by atoms with van der Waals surface area (Å²) in [7, 11) is 0. The number of nitrogens with two attached hydrogens (primary N) is 1. The topological polar surface area (TPSA) is 58.4 Å². The molecule has 15 heavy (non-hydrogen) atoms. The number of benzene rings is 1. The van der Waals surface area contributed by atoms with Crippen LogP contribution in [0.4, 0.5) is 4.79 Å². The Hall–Kier alpha value is -1.55. The summed E-state index contributed by atoms with van der Waals surface area (Å²) in [6.45, 7) is 2.41. The van der Waals surface area contributed by atoms with Crippen molar-refractivity contribution in [1.82, 2.24) is 10.2 Å². The number of rotatable bonds is 2. The van der Waals surface area contributed by atoms with E-state index in [1.165, 1.54) is 11.1 Å². The second kappa shape index (κ2) is 4.31. The second-order valence-corrected chi connectivity index (χ2v) is 3.65. The molecule has 0 saturated heterocycles. The lowest BCUT2D eigenvalue weighted by Gasteiger charge is -2.15. The SMILES string of the molecule is NCCNC(=O)N1Cc2ccccc2C1. The Morgan fingerprint density at radius 3 is 2.47 bits per heavy atom. The molecule has 0 unspecified atom stereocenters. The standard InChI is InChI=1S/C11H15N3O/c12-5-6-13-11(15)14-7-9-3-1-2-4-10(9)8-14/h1-4H,5-8,12H2,(H,13,15). The monoisotopic (exact) mass is 205 g/mol. The Morgan fingerprint density at radius 2 is 1.93 bits per heavy atom. The molecule has 1 aromatic carbocycles. The van der Waals surface area contributed by atoms with Crippen LogP contribution in [0.2, 0.25) is 0 Å². The summed E-state index contributed by atoms with van der Waals surface area (Å²) in [4.78, 5) is 13.4. The Morgan fingerprint density at radius 1 is 1.33 bits per heavy atom. The molecule has 1 aliphatic rings. The minimum Gasteiger partial charge on any atom is -0.337 e. The van der Waals surface area contributed by atoms with Gasteiger partial charge in [-0.3, -0.25) is 0 Å². The molecule has 0 spiro atoms. The highest BCUT2D eigenvalue weighted by molar-refractivity contribution is 5.75. The van der Waals surface area contributed by atoms with Crippen LogP contribution >= 0.6 is 0 Å². The third kappa shape index (κ3) is 2.10. The average Bonchev–Trinajstić information content (AvgIpc) is 2.69. The lowest BCUT2D eigenvalue weighted by molar-refractivity contribution is 0.199. The molecule has 0 fully saturated rings. The van der Waals surface area contributed by atoms with E-state index in [-0.39, 0.29) is 6.03 Å². The summed E-state index contributed by atoms with van der Waals surface area (Å²) in [6, 6.07) is 8.09. The Balaban J connectivity index is 1.98. The van der Waals surface area contributed by atoms with Crippen molar-refractivity contribution in [2.24, 2.45) is 5.73 Å². The van der Waals surface area contributed by atoms with Crippen molar-refractivity contribution in [2.45, 2.75) is 13.1 Å². The Kier molecular flexibility index (Phi) is 2.87. The number of hydrogen-bond donors (Lipinski definition) is 2. The molecule has 3 N–H and O–H groups in total. The summed E-state index contributed by atoms with van der Waals surface area (Å²) in [5.74, 6) is 0. The molecular weight excluding hydrogens is 190 g/mol. The lowest BCUT2D eigenvalue weighted by atomic mass is 10.1. The van der Waals surface area contributed by atoms with Crippen molar-refractivity contribution < 1.29 is 4.79 Å². The minimum atomic E-state index is -0.0309. The fourth-order valence-corrected chi connectivity index (χ4v) is 1.77. The van der Waals surface area contributed by atoms with Gasteiger partial charge in [0.1, 0.15) is 0 Å². The first-order valence-electron chi connectivity index (χ1n) is 5.11. The molecule has 2 rings (SSSR count). The van der Waals surface area contributed by atoms with Gasteiger partial charge in [-0.1, -0.05) is 24.3 Å². The predicted octanol–water partition coefficient (Wildman–Crippen LogP) is 0.670. The molecule has 0 bridgehead atoms. The summed E-state index contributed by atoms with van der Waals surface area (Å²) in [6.07, 6.45) is 0. The van der Waals surface area contributed by atoms with Gasteiger partial charge in [-0.25, -0.2) is 4.79 Å². The smallest absolute Gasteiger partial charge is 0.318 e. The van der Waals surface area contributed by atoms with E-state index in [9.17, 15) is 4.79 Å². The van der Waals surface area contributed by atoms with Gasteiger partial charge in [0.05, 0.1) is 0 Å². The highest BCUT2D eigenvalue weighted by Crippen LogP contribution is 2.21. The number of carbonyl (C=O) groups is 1. The third-order valence-electron chi connectivity index (χ3n) is 2.55. The van der Waals surface area contributed by atoms with Crippen LogP contribution in [-0.4, -0.2) is 24.0 Å². The van der Waals surface area contributed by atoms with E-state index in [1.807, 2.05) is 12.1 Å². The van der Waals surface area contributed by atoms with E-state index in [4.69, 9.17) is 5.73 Å². The van der Waals surface area contributed by atoms with Gasteiger partial charge in [0.2, 0.25) is 0 Å². The molecule has 1 heterocycles. The van der Waals surface area contributed by atoms with Crippen LogP contribution in [0.3, 0.4) is 0 Å². The fourth-order valence-electron chi connectivity index (χ4n) is 1.77. The molecule has 2 amide bonds. The molecule has 0 aliphatic carbocycles. The summed E-state index contributed by atoms with van der Waals surface area (Å²) in [5, 5.41) is 2.77. The van der Waals surface area contributed by atoms with Crippen LogP contribution in [0.25, 0.3) is 0 Å². The number of nitrogens with one attached hydrogen (secondary N) is 1. The molecule has 0 aromatic heterocycles. The van der Waals surface area contributed by atoms with Crippen molar-refractivity contribution in [3.63, 3.8) is 0 Å². The zero-order valence-electron chi connectivity index (χ0n) is 8.57. The molecule has 4 nitrogen and oxygen atoms in total. The van der Waals surface area contributed by atoms with E-state index >= 15 is 0 Å². The first-order valence-corrected chi connectivity index (χ1v) is 5.11. The van der Waals surface area contributed by atoms with E-state index in [1.54, 1.807) is 4.90 Å². The zero-order valence-corrected chi connectivity index (χ0v) is 8.57. The minimum absolute atomic E-state index is 0.0309. The zero-order chi connectivity index (χ0) is 10.7. The molecule has 1 aromatic rings. The van der Waals surface area contributed by atoms with E-state index in [0.717, 1.165) is 0 Å². The maximum atomic E-state index is 11.6. The molecule has 4 heteroatoms. The van der Waals surface area contributed by atoms with Gasteiger partial charge in [-0.05, 0) is 11.1 Å². The normalized spacial score (nSPS) is 13.8. The van der Waals surface area contributed by atoms with E-state index < -0.39 is 0 Å². The maximum Gasteiger partial charge on any atom is 0.318 e. The molecule has 0 saturated carbocycles. The summed E-state index contributed by atoms with van der Waals surface area (Å²) in [5.41, 5.74) is 7.80. The summed E-state index contributed by atoms with van der Waals surface area (Å²) >= 11 is 0. The lowest BCUT2D eigenvalue weighted by Crippen LogP contribution is -2.38. The predicted molar refractivity (Wildman–Crippen MR) is 58.1 cm³/mol. The van der Waals surface area contributed by atoms with Crippen LogP contribution in [0.15, 0.2) is 24.3 Å². The largest absolute Gasteiger partial charge is 0.337 e. The van der Waals surface area contributed by atoms with Crippen molar-refractivity contribution >= 4 is 6.03 Å². The maximum absolute atomic E-state index is 11.6. The Labute approximate surface area is 89.1 Å². The molecule has 0 radical (unpaired) electrons. The van der Waals surface area contributed by atoms with Crippen molar-refractivity contribution in [3.05, 3.63) is 35.4 Å². The van der Waals surface area contributed by atoms with E-state index in [2.05, 4.69) is 17.4 Å². The fraction of sp³-hybridized carbons (Fsp3) is 0.364. The summed E-state index contributed by atoms with van der Waals surface area (Å²) < 4.78 is 0. The van der Waals surface area contributed by atoms with Crippen LogP contribution < -0.4 is 11.1 Å². The van der Waals surface area contributed by atoms with Crippen LogP contribution in [0, 0.1) is 0 Å². The first kappa shape index (κ1) is 9.98. The van der Waals surface area contributed by atoms with Crippen molar-refractivity contribution in [3.8, 4) is 0 Å². The van der Waals surface area contributed by atoms with Crippen molar-refractivity contribution in [1.29, 1.82) is 0 Å². The molecule has 0 atom stereocenters. The third-order valence-corrected chi connectivity index (χ3v) is 2.55. The van der Waals surface area contributed by atoms with Gasteiger partial charge in [-0.2, -0.15) is 0 Å². The van der Waals surface area contributed by atoms with Gasteiger partial charge in [0.15, 0.2) is 0 Å². The quantitative estimate of drug-likeness (QED) is 0.745. The van der Waals surface area contributed by atoms with Crippen molar-refractivity contribution in [2.75, 3.05) is 13.1 Å². The molecule has 80 valence electrons. The van der Waals surface area contributed by atoms with Crippen LogP contribution in [0.5, 0.6) is 0 Å². The number of fused-ring (bicyclic) bond motifs is 1. The number of urea groups is 1. The number of nitrogens with zero attached hydrogens (tertiary/aromatic N) is 1. The van der Waals surface area contributed by atoms with Gasteiger partial charge in [0, 0.05) is 26.2 Å². The molecular formula is C11H15N3O. The number of carbonyl (C=O) groups excluding carboxylic acids is 1. The Bertz CT molecular complexity index is 340. The van der Waals surface area contributed by atoms with Gasteiger partial charge < -0.3 is 16.0 Å². The highest BCUT2D eigenvalue weighted by Gasteiger charge is 2.21. The highest BCUT2D eigenvalue weighted by atomic mass is 16.2. The van der Waals surface area contributed by atoms with E-state index in [0.29, 0.717) is 26.2 Å². The molecule has 1 aliphatic heterocycles. The average molecular weight is 205 g/mol. The van der Waals surface area contributed by atoms with Gasteiger partial charge >= 0.3 is 6.03 Å². The van der Waals surface area contributed by atoms with Gasteiger partial charge in [-0.15, -0.1) is 0 Å². The number of hydrogen-bond acceptors (Lipinski definition) is 2. The van der Waals surface area contributed by atoms with Crippen LogP contribution in [0.1, 0.15) is 11.1 Å². The number of amides is 2. The van der Waals surface area contributed by atoms with Gasteiger partial charge in [0.25, 0.3) is 0 Å².